The highest BCUT2D eigenvalue weighted by molar-refractivity contribution is 8.02. The fourth-order valence-corrected chi connectivity index (χ4v) is 8.96. The SMILES string of the molecule is CCCNC(=O)[C@H]1[C@H]2C(=O)N([C@H](CO)c3ccccc3)C(C(=O)NC(C)CCC)C23CC[C@]1(C)S3. The average Bonchev–Trinajstić information content (AvgIpc) is 3.40. The Kier molecular flexibility index (Phi) is 7.53. The number of hydrogen-bond acceptors (Lipinski definition) is 5. The molecule has 3 aliphatic heterocycles. The molecule has 3 saturated heterocycles. The van der Waals surface area contributed by atoms with E-state index in [-0.39, 0.29) is 35.1 Å². The van der Waals surface area contributed by atoms with Crippen molar-refractivity contribution in [3.63, 3.8) is 0 Å². The average molecular weight is 502 g/mol. The Morgan fingerprint density at radius 3 is 2.51 bits per heavy atom. The number of nitrogens with one attached hydrogen (secondary N) is 2. The van der Waals surface area contributed by atoms with Crippen LogP contribution in [0.4, 0.5) is 0 Å². The summed E-state index contributed by atoms with van der Waals surface area (Å²) in [5, 5.41) is 16.7. The normalized spacial score (nSPS) is 32.9. The quantitative estimate of drug-likeness (QED) is 0.458. The highest BCUT2D eigenvalue weighted by atomic mass is 32.2. The summed E-state index contributed by atoms with van der Waals surface area (Å²) < 4.78 is -1.07. The van der Waals surface area contributed by atoms with E-state index in [0.717, 1.165) is 31.2 Å². The molecule has 1 aromatic carbocycles. The lowest BCUT2D eigenvalue weighted by molar-refractivity contribution is -0.143. The number of likely N-dealkylation sites (tertiary alicyclic amines) is 1. The molecule has 1 spiro atoms. The Hall–Kier alpha value is -2.06. The zero-order valence-corrected chi connectivity index (χ0v) is 22.1. The number of fused-ring (bicyclic) bond motifs is 1. The van der Waals surface area contributed by atoms with Gasteiger partial charge in [-0.2, -0.15) is 0 Å². The van der Waals surface area contributed by atoms with Crippen LogP contribution in [0.2, 0.25) is 0 Å². The maximum Gasteiger partial charge on any atom is 0.244 e. The van der Waals surface area contributed by atoms with Gasteiger partial charge in [-0.25, -0.2) is 0 Å². The molecule has 0 radical (unpaired) electrons. The summed E-state index contributed by atoms with van der Waals surface area (Å²) in [4.78, 5) is 43.2. The van der Waals surface area contributed by atoms with Gasteiger partial charge in [0.1, 0.15) is 6.04 Å². The summed E-state index contributed by atoms with van der Waals surface area (Å²) in [6, 6.07) is 7.99. The van der Waals surface area contributed by atoms with Gasteiger partial charge in [0.15, 0.2) is 0 Å². The second-order valence-electron chi connectivity index (χ2n) is 10.6. The van der Waals surface area contributed by atoms with E-state index in [4.69, 9.17) is 0 Å². The van der Waals surface area contributed by atoms with E-state index in [1.54, 1.807) is 16.7 Å². The minimum absolute atomic E-state index is 0.0213. The van der Waals surface area contributed by atoms with Gasteiger partial charge in [-0.15, -0.1) is 11.8 Å². The first-order chi connectivity index (χ1) is 16.7. The lowest BCUT2D eigenvalue weighted by Gasteiger charge is -2.37. The lowest BCUT2D eigenvalue weighted by Crippen LogP contribution is -2.56. The Bertz CT molecular complexity index is 959. The predicted octanol–water partition coefficient (Wildman–Crippen LogP) is 3.03. The smallest absolute Gasteiger partial charge is 0.244 e. The maximum atomic E-state index is 14.2. The van der Waals surface area contributed by atoms with Crippen LogP contribution in [0.5, 0.6) is 0 Å². The van der Waals surface area contributed by atoms with Gasteiger partial charge in [-0.1, -0.05) is 50.6 Å². The largest absolute Gasteiger partial charge is 0.394 e. The third-order valence-electron chi connectivity index (χ3n) is 8.10. The zero-order valence-electron chi connectivity index (χ0n) is 21.3. The molecular weight excluding hydrogens is 462 g/mol. The standard InChI is InChI=1S/C27H39N3O4S/c1-5-10-17(3)29-24(33)22-27-14-13-26(4,35-27)20(23(32)28-15-6-2)21(27)25(34)30(22)19(16-31)18-11-8-7-9-12-18/h7-9,11-12,17,19-22,31H,5-6,10,13-16H2,1-4H3,(H,28,32)(H,29,33)/t17?,19-,20-,21+,22?,26+,27?/m1/s1. The Balaban J connectivity index is 1.78. The zero-order chi connectivity index (χ0) is 25.4. The molecule has 4 rings (SSSR count). The van der Waals surface area contributed by atoms with Crippen molar-refractivity contribution in [2.45, 2.75) is 87.4 Å². The molecular formula is C27H39N3O4S. The summed E-state index contributed by atoms with van der Waals surface area (Å²) >= 11 is 1.66. The molecule has 0 saturated carbocycles. The summed E-state index contributed by atoms with van der Waals surface area (Å²) in [7, 11) is 0. The summed E-state index contributed by atoms with van der Waals surface area (Å²) in [6.45, 7) is 8.42. The Morgan fingerprint density at radius 2 is 1.89 bits per heavy atom. The van der Waals surface area contributed by atoms with Crippen LogP contribution in [0.25, 0.3) is 0 Å². The van der Waals surface area contributed by atoms with Crippen LogP contribution in [-0.2, 0) is 14.4 Å². The molecule has 3 aliphatic rings. The van der Waals surface area contributed by atoms with Crippen molar-refractivity contribution in [1.29, 1.82) is 0 Å². The molecule has 192 valence electrons. The molecule has 3 fully saturated rings. The van der Waals surface area contributed by atoms with Crippen molar-refractivity contribution in [1.82, 2.24) is 15.5 Å². The van der Waals surface area contributed by atoms with Crippen LogP contribution in [0.1, 0.15) is 71.4 Å². The number of hydrogen-bond donors (Lipinski definition) is 3. The van der Waals surface area contributed by atoms with Gasteiger partial charge >= 0.3 is 0 Å². The van der Waals surface area contributed by atoms with Crippen LogP contribution in [-0.4, -0.2) is 62.5 Å². The fourth-order valence-electron chi connectivity index (χ4n) is 6.61. The predicted molar refractivity (Wildman–Crippen MR) is 138 cm³/mol. The van der Waals surface area contributed by atoms with Crippen molar-refractivity contribution in [2.75, 3.05) is 13.2 Å². The van der Waals surface area contributed by atoms with Crippen molar-refractivity contribution < 1.29 is 19.5 Å². The van der Waals surface area contributed by atoms with Crippen molar-refractivity contribution in [3.8, 4) is 0 Å². The van der Waals surface area contributed by atoms with E-state index in [1.165, 1.54) is 0 Å². The molecule has 3 N–H and O–H groups in total. The number of rotatable bonds is 10. The first-order valence-corrected chi connectivity index (χ1v) is 13.8. The van der Waals surface area contributed by atoms with Crippen LogP contribution in [0.15, 0.2) is 30.3 Å². The van der Waals surface area contributed by atoms with Gasteiger partial charge in [0, 0.05) is 17.3 Å². The molecule has 3 heterocycles. The molecule has 3 amide bonds. The van der Waals surface area contributed by atoms with E-state index in [0.29, 0.717) is 13.0 Å². The summed E-state index contributed by atoms with van der Waals surface area (Å²) in [6.07, 6.45) is 4.09. The minimum atomic E-state index is -0.743. The van der Waals surface area contributed by atoms with Gasteiger partial charge in [0.2, 0.25) is 17.7 Å². The highest BCUT2D eigenvalue weighted by Crippen LogP contribution is 2.71. The van der Waals surface area contributed by atoms with Gasteiger partial charge in [-0.05, 0) is 45.1 Å². The third kappa shape index (κ3) is 4.26. The highest BCUT2D eigenvalue weighted by Gasteiger charge is 2.77. The van der Waals surface area contributed by atoms with Crippen LogP contribution in [0.3, 0.4) is 0 Å². The van der Waals surface area contributed by atoms with E-state index < -0.39 is 28.7 Å². The van der Waals surface area contributed by atoms with Crippen molar-refractivity contribution >= 4 is 29.5 Å². The van der Waals surface area contributed by atoms with Crippen molar-refractivity contribution in [3.05, 3.63) is 35.9 Å². The van der Waals surface area contributed by atoms with E-state index in [1.807, 2.05) is 44.2 Å². The first kappa shape index (κ1) is 26.0. The monoisotopic (exact) mass is 501 g/mol. The van der Waals surface area contributed by atoms with E-state index >= 15 is 0 Å². The van der Waals surface area contributed by atoms with Gasteiger partial charge in [0.05, 0.1) is 29.2 Å². The fraction of sp³-hybridized carbons (Fsp3) is 0.667. The molecule has 0 aromatic heterocycles. The number of thioether (sulfide) groups is 1. The lowest BCUT2D eigenvalue weighted by atomic mass is 9.66. The molecule has 35 heavy (non-hydrogen) atoms. The second kappa shape index (κ2) is 10.1. The minimum Gasteiger partial charge on any atom is -0.394 e. The number of aliphatic hydroxyl groups is 1. The number of benzene rings is 1. The summed E-state index contributed by atoms with van der Waals surface area (Å²) in [5.41, 5.74) is 0.789. The van der Waals surface area contributed by atoms with Crippen molar-refractivity contribution in [2.24, 2.45) is 11.8 Å². The van der Waals surface area contributed by atoms with E-state index in [9.17, 15) is 19.5 Å². The molecule has 3 unspecified atom stereocenters. The molecule has 2 bridgehead atoms. The molecule has 7 atom stereocenters. The Morgan fingerprint density at radius 1 is 1.17 bits per heavy atom. The Labute approximate surface area is 212 Å². The van der Waals surface area contributed by atoms with Crippen LogP contribution >= 0.6 is 11.8 Å². The topological polar surface area (TPSA) is 98.7 Å². The van der Waals surface area contributed by atoms with Gasteiger partial charge in [-0.3, -0.25) is 14.4 Å². The maximum absolute atomic E-state index is 14.2. The molecule has 1 aromatic rings. The third-order valence-corrected chi connectivity index (χ3v) is 10.1. The number of carbonyl (C=O) groups is 3. The number of carbonyl (C=O) groups excluding carboxylic acids is 3. The first-order valence-electron chi connectivity index (χ1n) is 13.0. The summed E-state index contributed by atoms with van der Waals surface area (Å²) in [5.74, 6) is -1.55. The van der Waals surface area contributed by atoms with Crippen LogP contribution in [0, 0.1) is 11.8 Å². The second-order valence-corrected chi connectivity index (χ2v) is 12.5. The van der Waals surface area contributed by atoms with Crippen LogP contribution < -0.4 is 10.6 Å². The number of amides is 3. The molecule has 0 aliphatic carbocycles. The number of nitrogens with zero attached hydrogens (tertiary/aromatic N) is 1. The molecule has 8 heteroatoms. The van der Waals surface area contributed by atoms with Gasteiger partial charge in [0.25, 0.3) is 0 Å². The molecule has 7 nitrogen and oxygen atoms in total. The number of aliphatic hydroxyl groups excluding tert-OH is 1. The van der Waals surface area contributed by atoms with E-state index in [2.05, 4.69) is 24.5 Å². The van der Waals surface area contributed by atoms with Gasteiger partial charge < -0.3 is 20.6 Å².